The number of nitrogens with one attached hydrogen (secondary N) is 1. The SMILES string of the molecule is O=C(NCc1ccc(F)cc1)[C@H]1CCCN(c2nnc3ccc(Cl)cn23)C1. The number of anilines is 1. The van der Waals surface area contributed by atoms with Crippen LogP contribution in [0.15, 0.2) is 42.6 Å². The molecule has 1 N–H and O–H groups in total. The summed E-state index contributed by atoms with van der Waals surface area (Å²) in [7, 11) is 0. The van der Waals surface area contributed by atoms with E-state index in [-0.39, 0.29) is 17.6 Å². The second-order valence-corrected chi connectivity index (χ2v) is 7.14. The summed E-state index contributed by atoms with van der Waals surface area (Å²) >= 11 is 6.09. The monoisotopic (exact) mass is 387 g/mol. The lowest BCUT2D eigenvalue weighted by Gasteiger charge is -2.32. The molecule has 1 aliphatic rings. The van der Waals surface area contributed by atoms with Gasteiger partial charge in [0, 0.05) is 25.8 Å². The maximum atomic E-state index is 13.0. The summed E-state index contributed by atoms with van der Waals surface area (Å²) in [5.74, 6) is 0.277. The van der Waals surface area contributed by atoms with Crippen molar-refractivity contribution in [1.82, 2.24) is 19.9 Å². The number of aromatic nitrogens is 3. The zero-order valence-electron chi connectivity index (χ0n) is 14.6. The molecule has 1 atom stereocenters. The lowest BCUT2D eigenvalue weighted by atomic mass is 9.97. The summed E-state index contributed by atoms with van der Waals surface area (Å²) in [4.78, 5) is 14.7. The van der Waals surface area contributed by atoms with E-state index in [0.29, 0.717) is 24.1 Å². The molecule has 2 aromatic heterocycles. The molecular weight excluding hydrogens is 369 g/mol. The summed E-state index contributed by atoms with van der Waals surface area (Å²) in [6.45, 7) is 1.77. The van der Waals surface area contributed by atoms with E-state index in [4.69, 9.17) is 11.6 Å². The fourth-order valence-electron chi connectivity index (χ4n) is 3.38. The maximum Gasteiger partial charge on any atom is 0.231 e. The molecule has 3 aromatic rings. The minimum absolute atomic E-state index is 0.00382. The van der Waals surface area contributed by atoms with Crippen molar-refractivity contribution in [2.45, 2.75) is 19.4 Å². The molecule has 0 unspecified atom stereocenters. The van der Waals surface area contributed by atoms with Crippen molar-refractivity contribution in [3.8, 4) is 0 Å². The van der Waals surface area contributed by atoms with Gasteiger partial charge in [0.05, 0.1) is 10.9 Å². The molecule has 27 heavy (non-hydrogen) atoms. The van der Waals surface area contributed by atoms with E-state index in [1.54, 1.807) is 24.4 Å². The number of benzene rings is 1. The van der Waals surface area contributed by atoms with Crippen LogP contribution in [0.4, 0.5) is 10.3 Å². The van der Waals surface area contributed by atoms with E-state index in [2.05, 4.69) is 20.4 Å². The van der Waals surface area contributed by atoms with Crippen molar-refractivity contribution in [2.75, 3.05) is 18.0 Å². The van der Waals surface area contributed by atoms with E-state index in [9.17, 15) is 9.18 Å². The minimum atomic E-state index is -0.284. The van der Waals surface area contributed by atoms with Gasteiger partial charge in [-0.3, -0.25) is 9.20 Å². The van der Waals surface area contributed by atoms with Crippen LogP contribution in [0, 0.1) is 11.7 Å². The van der Waals surface area contributed by atoms with Crippen LogP contribution in [0.3, 0.4) is 0 Å². The highest BCUT2D eigenvalue weighted by Gasteiger charge is 2.28. The predicted molar refractivity (Wildman–Crippen MR) is 101 cm³/mol. The van der Waals surface area contributed by atoms with Gasteiger partial charge in [-0.25, -0.2) is 4.39 Å². The van der Waals surface area contributed by atoms with E-state index < -0.39 is 0 Å². The third-order valence-corrected chi connectivity index (χ3v) is 5.03. The lowest BCUT2D eigenvalue weighted by molar-refractivity contribution is -0.125. The number of hydrogen-bond donors (Lipinski definition) is 1. The Hall–Kier alpha value is -2.67. The van der Waals surface area contributed by atoms with E-state index >= 15 is 0 Å². The number of halogens is 2. The van der Waals surface area contributed by atoms with Gasteiger partial charge in [0.2, 0.25) is 11.9 Å². The third-order valence-electron chi connectivity index (χ3n) is 4.80. The number of piperidine rings is 1. The van der Waals surface area contributed by atoms with Gasteiger partial charge < -0.3 is 10.2 Å². The summed E-state index contributed by atoms with van der Waals surface area (Å²) < 4.78 is 14.8. The third kappa shape index (κ3) is 3.88. The molecule has 6 nitrogen and oxygen atoms in total. The number of fused-ring (bicyclic) bond motifs is 1. The summed E-state index contributed by atoms with van der Waals surface area (Å²) in [6, 6.07) is 9.73. The molecule has 8 heteroatoms. The van der Waals surface area contributed by atoms with Crippen molar-refractivity contribution in [3.63, 3.8) is 0 Å². The first-order valence-corrected chi connectivity index (χ1v) is 9.25. The minimum Gasteiger partial charge on any atom is -0.352 e. The van der Waals surface area contributed by atoms with Gasteiger partial charge in [-0.1, -0.05) is 23.7 Å². The first-order chi connectivity index (χ1) is 13.1. The fraction of sp³-hybridized carbons (Fsp3) is 0.316. The molecule has 3 heterocycles. The molecule has 4 rings (SSSR count). The van der Waals surface area contributed by atoms with Crippen molar-refractivity contribution >= 4 is 29.1 Å². The average molecular weight is 388 g/mol. The molecule has 0 aliphatic carbocycles. The maximum absolute atomic E-state index is 13.0. The summed E-state index contributed by atoms with van der Waals surface area (Å²) in [6.07, 6.45) is 3.50. The predicted octanol–water partition coefficient (Wildman–Crippen LogP) is 3.05. The van der Waals surface area contributed by atoms with Gasteiger partial charge in [-0.2, -0.15) is 0 Å². The molecule has 1 saturated heterocycles. The Labute approximate surface area is 161 Å². The van der Waals surface area contributed by atoms with Gasteiger partial charge in [0.15, 0.2) is 5.65 Å². The molecule has 0 radical (unpaired) electrons. The molecule has 140 valence electrons. The van der Waals surface area contributed by atoms with Crippen molar-refractivity contribution < 1.29 is 9.18 Å². The smallest absolute Gasteiger partial charge is 0.231 e. The zero-order valence-corrected chi connectivity index (χ0v) is 15.4. The largest absolute Gasteiger partial charge is 0.352 e. The van der Waals surface area contributed by atoms with Gasteiger partial charge in [-0.15, -0.1) is 10.2 Å². The summed E-state index contributed by atoms with van der Waals surface area (Å²) in [5.41, 5.74) is 1.59. The van der Waals surface area contributed by atoms with Gasteiger partial charge in [0.1, 0.15) is 5.82 Å². The molecule has 1 aromatic carbocycles. The molecule has 0 saturated carbocycles. The highest BCUT2D eigenvalue weighted by molar-refractivity contribution is 6.30. The second-order valence-electron chi connectivity index (χ2n) is 6.70. The van der Waals surface area contributed by atoms with Crippen molar-refractivity contribution in [1.29, 1.82) is 0 Å². The normalized spacial score (nSPS) is 17.3. The Balaban J connectivity index is 1.43. The molecule has 1 amide bonds. The van der Waals surface area contributed by atoms with Crippen LogP contribution in [0.1, 0.15) is 18.4 Å². The highest BCUT2D eigenvalue weighted by Crippen LogP contribution is 2.23. The molecule has 0 bridgehead atoms. The Bertz CT molecular complexity index is 958. The molecule has 1 aliphatic heterocycles. The van der Waals surface area contributed by atoms with Crippen LogP contribution >= 0.6 is 11.6 Å². The zero-order chi connectivity index (χ0) is 18.8. The van der Waals surface area contributed by atoms with Gasteiger partial charge in [-0.05, 0) is 42.7 Å². The van der Waals surface area contributed by atoms with Crippen LogP contribution in [0.2, 0.25) is 5.02 Å². The number of carbonyl (C=O) groups excluding carboxylic acids is 1. The highest BCUT2D eigenvalue weighted by atomic mass is 35.5. The number of pyridine rings is 1. The Kier molecular flexibility index (Phi) is 4.94. The number of amides is 1. The fourth-order valence-corrected chi connectivity index (χ4v) is 3.54. The van der Waals surface area contributed by atoms with E-state index in [1.165, 1.54) is 12.1 Å². The topological polar surface area (TPSA) is 62.5 Å². The quantitative estimate of drug-likeness (QED) is 0.747. The van der Waals surface area contributed by atoms with Gasteiger partial charge in [0.25, 0.3) is 0 Å². The second kappa shape index (κ2) is 7.52. The van der Waals surface area contributed by atoms with Crippen LogP contribution in [0.5, 0.6) is 0 Å². The first-order valence-electron chi connectivity index (χ1n) is 8.87. The number of carbonyl (C=O) groups is 1. The average Bonchev–Trinajstić information content (AvgIpc) is 3.10. The summed E-state index contributed by atoms with van der Waals surface area (Å²) in [5, 5.41) is 12.0. The standard InChI is InChI=1S/C19H19ClFN5O/c20-15-5-8-17-23-24-19(26(17)12-15)25-9-1-2-14(11-25)18(27)22-10-13-3-6-16(21)7-4-13/h3-8,12,14H,1-2,9-11H2,(H,22,27)/t14-/m0/s1. The van der Waals surface area contributed by atoms with E-state index in [0.717, 1.165) is 30.6 Å². The lowest BCUT2D eigenvalue weighted by Crippen LogP contribution is -2.43. The molecular formula is C19H19ClFN5O. The number of hydrogen-bond acceptors (Lipinski definition) is 4. The Morgan fingerprint density at radius 3 is 2.85 bits per heavy atom. The van der Waals surface area contributed by atoms with E-state index in [1.807, 2.05) is 10.5 Å². The Morgan fingerprint density at radius 2 is 2.04 bits per heavy atom. The van der Waals surface area contributed by atoms with Crippen LogP contribution in [0.25, 0.3) is 5.65 Å². The van der Waals surface area contributed by atoms with Gasteiger partial charge >= 0.3 is 0 Å². The van der Waals surface area contributed by atoms with Crippen LogP contribution < -0.4 is 10.2 Å². The number of nitrogens with zero attached hydrogens (tertiary/aromatic N) is 4. The molecule has 1 fully saturated rings. The first kappa shape index (κ1) is 17.7. The van der Waals surface area contributed by atoms with Crippen LogP contribution in [-0.4, -0.2) is 33.6 Å². The number of rotatable bonds is 4. The van der Waals surface area contributed by atoms with Crippen LogP contribution in [-0.2, 0) is 11.3 Å². The van der Waals surface area contributed by atoms with Crippen molar-refractivity contribution in [3.05, 3.63) is 59.0 Å². The van der Waals surface area contributed by atoms with Crippen molar-refractivity contribution in [2.24, 2.45) is 5.92 Å². The Morgan fingerprint density at radius 1 is 1.22 bits per heavy atom. The molecule has 0 spiro atoms.